The number of fused-ring (bicyclic) bond motifs is 1. The molecule has 1 atom stereocenters. The zero-order valence-electron chi connectivity index (χ0n) is 9.97. The molecule has 1 aromatic carbocycles. The standard InChI is InChI=1S/C14H16N2O/c1-2-6-13-12-9-16(10-14(12)17-15-13)11-7-4-3-5-8-11/h3-5,7-8,10,12H,2,6,9H2,1H3. The zero-order valence-corrected chi connectivity index (χ0v) is 9.97. The molecule has 1 unspecified atom stereocenters. The average molecular weight is 228 g/mol. The lowest BCUT2D eigenvalue weighted by Crippen LogP contribution is -2.21. The summed E-state index contributed by atoms with van der Waals surface area (Å²) in [6.07, 6.45) is 4.23. The van der Waals surface area contributed by atoms with E-state index < -0.39 is 0 Å². The molecule has 17 heavy (non-hydrogen) atoms. The summed E-state index contributed by atoms with van der Waals surface area (Å²) in [5, 5.41) is 4.16. The van der Waals surface area contributed by atoms with Gasteiger partial charge in [0.25, 0.3) is 0 Å². The van der Waals surface area contributed by atoms with Gasteiger partial charge in [0.2, 0.25) is 0 Å². The Morgan fingerprint density at radius 3 is 2.94 bits per heavy atom. The third kappa shape index (κ3) is 1.82. The van der Waals surface area contributed by atoms with Gasteiger partial charge in [-0.2, -0.15) is 0 Å². The van der Waals surface area contributed by atoms with Crippen LogP contribution in [0.25, 0.3) is 0 Å². The van der Waals surface area contributed by atoms with E-state index in [1.807, 2.05) is 6.07 Å². The van der Waals surface area contributed by atoms with Crippen molar-refractivity contribution in [2.24, 2.45) is 11.1 Å². The second kappa shape index (κ2) is 4.24. The summed E-state index contributed by atoms with van der Waals surface area (Å²) in [5.41, 5.74) is 2.41. The zero-order chi connectivity index (χ0) is 11.7. The molecule has 0 amide bonds. The molecular weight excluding hydrogens is 212 g/mol. The molecule has 0 saturated carbocycles. The molecule has 0 radical (unpaired) electrons. The first-order chi connectivity index (χ1) is 8.38. The van der Waals surface area contributed by atoms with E-state index in [2.05, 4.69) is 47.4 Å². The topological polar surface area (TPSA) is 24.8 Å². The van der Waals surface area contributed by atoms with E-state index in [1.54, 1.807) is 0 Å². The van der Waals surface area contributed by atoms with Gasteiger partial charge in [-0.05, 0) is 18.6 Å². The van der Waals surface area contributed by atoms with Crippen molar-refractivity contribution in [3.05, 3.63) is 42.3 Å². The Kier molecular flexibility index (Phi) is 2.59. The smallest absolute Gasteiger partial charge is 0.161 e. The maximum Gasteiger partial charge on any atom is 0.161 e. The predicted octanol–water partition coefficient (Wildman–Crippen LogP) is 3.15. The summed E-state index contributed by atoms with van der Waals surface area (Å²) in [4.78, 5) is 7.64. The van der Waals surface area contributed by atoms with Crippen LogP contribution in [0.5, 0.6) is 0 Å². The number of benzene rings is 1. The number of nitrogens with zero attached hydrogens (tertiary/aromatic N) is 2. The Morgan fingerprint density at radius 1 is 1.35 bits per heavy atom. The first-order valence-corrected chi connectivity index (χ1v) is 6.15. The number of hydrogen-bond acceptors (Lipinski definition) is 3. The molecule has 3 nitrogen and oxygen atoms in total. The summed E-state index contributed by atoms with van der Waals surface area (Å²) in [7, 11) is 0. The highest BCUT2D eigenvalue weighted by Crippen LogP contribution is 2.33. The van der Waals surface area contributed by atoms with Crippen LogP contribution in [0.1, 0.15) is 19.8 Å². The van der Waals surface area contributed by atoms with Gasteiger partial charge in [0.1, 0.15) is 0 Å². The fourth-order valence-corrected chi connectivity index (χ4v) is 2.39. The van der Waals surface area contributed by atoms with E-state index in [9.17, 15) is 0 Å². The van der Waals surface area contributed by atoms with Crippen LogP contribution in [0.15, 0.2) is 47.4 Å². The molecule has 2 heterocycles. The van der Waals surface area contributed by atoms with Crippen molar-refractivity contribution in [2.75, 3.05) is 11.4 Å². The molecule has 0 fully saturated rings. The molecule has 3 heteroatoms. The van der Waals surface area contributed by atoms with Crippen LogP contribution in [-0.4, -0.2) is 12.3 Å². The van der Waals surface area contributed by atoms with E-state index in [-0.39, 0.29) is 0 Å². The van der Waals surface area contributed by atoms with E-state index in [0.717, 1.165) is 25.1 Å². The second-order valence-corrected chi connectivity index (χ2v) is 4.50. The minimum atomic E-state index is 0.371. The van der Waals surface area contributed by atoms with Crippen LogP contribution in [0, 0.1) is 5.92 Å². The van der Waals surface area contributed by atoms with Crippen molar-refractivity contribution in [2.45, 2.75) is 19.8 Å². The minimum Gasteiger partial charge on any atom is -0.359 e. The Bertz CT molecular complexity index is 464. The fraction of sp³-hybridized carbons (Fsp3) is 0.357. The molecule has 0 aromatic heterocycles. The van der Waals surface area contributed by atoms with Gasteiger partial charge < -0.3 is 9.74 Å². The Morgan fingerprint density at radius 2 is 2.18 bits per heavy atom. The molecule has 0 spiro atoms. The van der Waals surface area contributed by atoms with Gasteiger partial charge in [0.15, 0.2) is 5.76 Å². The van der Waals surface area contributed by atoms with Crippen LogP contribution in [0.3, 0.4) is 0 Å². The van der Waals surface area contributed by atoms with Crippen molar-refractivity contribution in [3.8, 4) is 0 Å². The summed E-state index contributed by atoms with van der Waals surface area (Å²) in [6.45, 7) is 3.13. The predicted molar refractivity (Wildman–Crippen MR) is 68.8 cm³/mol. The van der Waals surface area contributed by atoms with Gasteiger partial charge >= 0.3 is 0 Å². The number of para-hydroxylation sites is 1. The van der Waals surface area contributed by atoms with Gasteiger partial charge in [0.05, 0.1) is 11.6 Å². The number of oxime groups is 1. The molecule has 2 aliphatic heterocycles. The average Bonchev–Trinajstić information content (AvgIpc) is 2.93. The van der Waals surface area contributed by atoms with Crippen molar-refractivity contribution < 1.29 is 4.84 Å². The highest BCUT2D eigenvalue weighted by atomic mass is 16.6. The van der Waals surface area contributed by atoms with Crippen LogP contribution in [0.2, 0.25) is 0 Å². The molecule has 0 N–H and O–H groups in total. The molecule has 0 aliphatic carbocycles. The fourth-order valence-electron chi connectivity index (χ4n) is 2.39. The lowest BCUT2D eigenvalue weighted by Gasteiger charge is -2.17. The minimum absolute atomic E-state index is 0.371. The van der Waals surface area contributed by atoms with E-state index in [0.29, 0.717) is 5.92 Å². The Hall–Kier alpha value is -1.77. The summed E-state index contributed by atoms with van der Waals surface area (Å²) in [6, 6.07) is 10.4. The lowest BCUT2D eigenvalue weighted by atomic mass is 10.0. The molecule has 2 aliphatic rings. The van der Waals surface area contributed by atoms with Gasteiger partial charge in [-0.3, -0.25) is 0 Å². The first kappa shape index (κ1) is 10.4. The molecular formula is C14H16N2O. The largest absolute Gasteiger partial charge is 0.359 e. The summed E-state index contributed by atoms with van der Waals surface area (Å²) in [5.74, 6) is 1.37. The summed E-state index contributed by atoms with van der Waals surface area (Å²) >= 11 is 0. The normalized spacial score (nSPS) is 21.9. The highest BCUT2D eigenvalue weighted by molar-refractivity contribution is 5.91. The van der Waals surface area contributed by atoms with Crippen LogP contribution < -0.4 is 4.90 Å². The third-order valence-corrected chi connectivity index (χ3v) is 3.27. The van der Waals surface area contributed by atoms with E-state index in [4.69, 9.17) is 4.84 Å². The van der Waals surface area contributed by atoms with Crippen molar-refractivity contribution in [1.29, 1.82) is 0 Å². The van der Waals surface area contributed by atoms with Crippen molar-refractivity contribution >= 4 is 11.4 Å². The monoisotopic (exact) mass is 228 g/mol. The number of anilines is 1. The Balaban J connectivity index is 1.78. The molecule has 0 saturated heterocycles. The third-order valence-electron chi connectivity index (χ3n) is 3.27. The van der Waals surface area contributed by atoms with Crippen molar-refractivity contribution in [3.63, 3.8) is 0 Å². The molecule has 1 aromatic rings. The quantitative estimate of drug-likeness (QED) is 0.794. The van der Waals surface area contributed by atoms with Crippen LogP contribution in [-0.2, 0) is 4.84 Å². The molecule has 88 valence electrons. The maximum absolute atomic E-state index is 5.40. The number of rotatable bonds is 3. The van der Waals surface area contributed by atoms with Crippen LogP contribution in [0.4, 0.5) is 5.69 Å². The van der Waals surface area contributed by atoms with Gasteiger partial charge in [-0.25, -0.2) is 0 Å². The highest BCUT2D eigenvalue weighted by Gasteiger charge is 2.35. The summed E-state index contributed by atoms with van der Waals surface area (Å²) < 4.78 is 0. The van der Waals surface area contributed by atoms with E-state index in [1.165, 1.54) is 11.4 Å². The van der Waals surface area contributed by atoms with Gasteiger partial charge in [0, 0.05) is 18.4 Å². The first-order valence-electron chi connectivity index (χ1n) is 6.15. The molecule has 3 rings (SSSR count). The maximum atomic E-state index is 5.40. The van der Waals surface area contributed by atoms with E-state index >= 15 is 0 Å². The van der Waals surface area contributed by atoms with Gasteiger partial charge in [-0.15, -0.1) is 0 Å². The SMILES string of the molecule is CCCC1=NOC2=CN(c3ccccc3)CC21. The van der Waals surface area contributed by atoms with Crippen LogP contribution >= 0.6 is 0 Å². The molecule has 0 bridgehead atoms. The lowest BCUT2D eigenvalue weighted by molar-refractivity contribution is 0.237. The van der Waals surface area contributed by atoms with Crippen molar-refractivity contribution in [1.82, 2.24) is 0 Å². The number of hydrogen-bond donors (Lipinski definition) is 0. The second-order valence-electron chi connectivity index (χ2n) is 4.50. The van der Waals surface area contributed by atoms with Gasteiger partial charge in [-0.1, -0.05) is 36.7 Å². The Labute approximate surface area is 101 Å².